The van der Waals surface area contributed by atoms with E-state index in [1.165, 1.54) is 33.6 Å². The van der Waals surface area contributed by atoms with E-state index < -0.39 is 0 Å². The van der Waals surface area contributed by atoms with Crippen molar-refractivity contribution in [3.05, 3.63) is 164 Å². The van der Waals surface area contributed by atoms with Crippen LogP contribution < -0.4 is 9.80 Å². The minimum atomic E-state index is 1.13. The zero-order valence-electron chi connectivity index (χ0n) is 22.0. The highest BCUT2D eigenvalue weighted by atomic mass is 15.1. The average molecular weight is 503 g/mol. The van der Waals surface area contributed by atoms with Crippen molar-refractivity contribution in [2.24, 2.45) is 0 Å². The van der Waals surface area contributed by atoms with Crippen LogP contribution in [0.4, 0.5) is 28.4 Å². The molecule has 0 unspecified atom stereocenters. The largest absolute Gasteiger partial charge is 0.345 e. The van der Waals surface area contributed by atoms with Crippen LogP contribution in [-0.4, -0.2) is 7.05 Å². The summed E-state index contributed by atoms with van der Waals surface area (Å²) in [4.78, 5) is 4.49. The molecule has 188 valence electrons. The van der Waals surface area contributed by atoms with Crippen molar-refractivity contribution in [2.45, 2.75) is 0 Å². The lowest BCUT2D eigenvalue weighted by molar-refractivity contribution is 1.21. The van der Waals surface area contributed by atoms with Gasteiger partial charge in [0.25, 0.3) is 0 Å². The van der Waals surface area contributed by atoms with Crippen molar-refractivity contribution in [1.29, 1.82) is 0 Å². The molecule has 0 saturated heterocycles. The molecule has 0 heterocycles. The number of rotatable bonds is 7. The molecule has 6 aromatic carbocycles. The number of hydrogen-bond donors (Lipinski definition) is 0. The molecule has 0 aliphatic rings. The van der Waals surface area contributed by atoms with Gasteiger partial charge in [-0.25, -0.2) is 0 Å². The van der Waals surface area contributed by atoms with E-state index in [0.29, 0.717) is 0 Å². The van der Waals surface area contributed by atoms with Gasteiger partial charge in [-0.15, -0.1) is 0 Å². The lowest BCUT2D eigenvalue weighted by Crippen LogP contribution is -2.09. The maximum Gasteiger partial charge on any atom is 0.0462 e. The predicted octanol–water partition coefficient (Wildman–Crippen LogP) is 10.3. The summed E-state index contributed by atoms with van der Waals surface area (Å²) in [5, 5.41) is 0. The van der Waals surface area contributed by atoms with Crippen LogP contribution in [0.5, 0.6) is 0 Å². The van der Waals surface area contributed by atoms with Crippen molar-refractivity contribution in [3.63, 3.8) is 0 Å². The first-order valence-corrected chi connectivity index (χ1v) is 13.3. The third kappa shape index (κ3) is 5.32. The fourth-order valence-corrected chi connectivity index (χ4v) is 4.94. The van der Waals surface area contributed by atoms with Crippen LogP contribution in [0.2, 0.25) is 0 Å². The first kappa shape index (κ1) is 24.3. The van der Waals surface area contributed by atoms with E-state index in [9.17, 15) is 0 Å². The van der Waals surface area contributed by atoms with Crippen molar-refractivity contribution < 1.29 is 0 Å². The molecular formula is C37H30N2. The normalized spacial score (nSPS) is 10.7. The Kier molecular flexibility index (Phi) is 6.92. The van der Waals surface area contributed by atoms with Crippen LogP contribution in [0.3, 0.4) is 0 Å². The second-order valence-corrected chi connectivity index (χ2v) is 9.57. The quantitative estimate of drug-likeness (QED) is 0.214. The van der Waals surface area contributed by atoms with Gasteiger partial charge in [0.1, 0.15) is 0 Å². The van der Waals surface area contributed by atoms with Gasteiger partial charge in [-0.2, -0.15) is 0 Å². The SMILES string of the molecule is CN(c1ccccc1)c1ccc(-c2ccc(-c3ccc(N(c4ccccc4)c4ccccc4)cc3)cc2)cc1. The molecule has 6 aromatic rings. The molecule has 0 atom stereocenters. The molecule has 0 aliphatic heterocycles. The van der Waals surface area contributed by atoms with Gasteiger partial charge in [0.05, 0.1) is 0 Å². The Morgan fingerprint density at radius 2 is 0.538 bits per heavy atom. The molecule has 0 aromatic heterocycles. The van der Waals surface area contributed by atoms with Gasteiger partial charge in [0.2, 0.25) is 0 Å². The summed E-state index contributed by atoms with van der Waals surface area (Å²) in [6, 6.07) is 57.8. The second-order valence-electron chi connectivity index (χ2n) is 9.57. The smallest absolute Gasteiger partial charge is 0.0462 e. The highest BCUT2D eigenvalue weighted by Gasteiger charge is 2.12. The molecule has 0 bridgehead atoms. The Bertz CT molecular complexity index is 1570. The molecule has 0 radical (unpaired) electrons. The standard InChI is InChI=1S/C37H30N2/c1-38(33-11-5-2-6-12-33)34-25-21-31(22-26-34)29-17-19-30(20-18-29)32-23-27-37(28-24-32)39(35-13-7-3-8-14-35)36-15-9-4-10-16-36/h2-28H,1H3. The Morgan fingerprint density at radius 3 is 0.923 bits per heavy atom. The lowest BCUT2D eigenvalue weighted by atomic mass is 9.99. The minimum absolute atomic E-state index is 1.13. The summed E-state index contributed by atoms with van der Waals surface area (Å²) in [6.45, 7) is 0. The number of para-hydroxylation sites is 3. The van der Waals surface area contributed by atoms with Gasteiger partial charge in [-0.1, -0.05) is 103 Å². The Hall–Kier alpha value is -5.08. The average Bonchev–Trinajstić information content (AvgIpc) is 3.03. The molecule has 2 heteroatoms. The van der Waals surface area contributed by atoms with Gasteiger partial charge >= 0.3 is 0 Å². The number of nitrogens with zero attached hydrogens (tertiary/aromatic N) is 2. The third-order valence-electron chi connectivity index (χ3n) is 7.10. The number of anilines is 5. The zero-order valence-corrected chi connectivity index (χ0v) is 22.0. The van der Waals surface area contributed by atoms with E-state index >= 15 is 0 Å². The molecule has 0 N–H and O–H groups in total. The summed E-state index contributed by atoms with van der Waals surface area (Å²) in [7, 11) is 2.10. The van der Waals surface area contributed by atoms with Crippen LogP contribution in [0.15, 0.2) is 164 Å². The van der Waals surface area contributed by atoms with E-state index in [0.717, 1.165) is 17.1 Å². The van der Waals surface area contributed by atoms with Crippen LogP contribution in [0.1, 0.15) is 0 Å². The lowest BCUT2D eigenvalue weighted by Gasteiger charge is -2.25. The highest BCUT2D eigenvalue weighted by Crippen LogP contribution is 2.35. The molecule has 0 fully saturated rings. The van der Waals surface area contributed by atoms with E-state index in [1.54, 1.807) is 0 Å². The number of benzene rings is 6. The van der Waals surface area contributed by atoms with Gasteiger partial charge in [-0.05, 0) is 82.9 Å². The maximum atomic E-state index is 2.28. The molecule has 0 amide bonds. The topological polar surface area (TPSA) is 6.48 Å². The first-order valence-electron chi connectivity index (χ1n) is 13.3. The van der Waals surface area contributed by atoms with Gasteiger partial charge < -0.3 is 9.80 Å². The Balaban J connectivity index is 1.21. The van der Waals surface area contributed by atoms with Crippen LogP contribution in [-0.2, 0) is 0 Å². The third-order valence-corrected chi connectivity index (χ3v) is 7.10. The van der Waals surface area contributed by atoms with E-state index in [-0.39, 0.29) is 0 Å². The van der Waals surface area contributed by atoms with Crippen molar-refractivity contribution in [2.75, 3.05) is 16.8 Å². The summed E-state index contributed by atoms with van der Waals surface area (Å²) in [5.41, 5.74) is 10.6. The van der Waals surface area contributed by atoms with Gasteiger partial charge in [-0.3, -0.25) is 0 Å². The van der Waals surface area contributed by atoms with Crippen molar-refractivity contribution in [1.82, 2.24) is 0 Å². The maximum absolute atomic E-state index is 2.28. The summed E-state index contributed by atoms with van der Waals surface area (Å²) < 4.78 is 0. The molecule has 2 nitrogen and oxygen atoms in total. The van der Waals surface area contributed by atoms with Crippen LogP contribution in [0, 0.1) is 0 Å². The van der Waals surface area contributed by atoms with Crippen molar-refractivity contribution >= 4 is 28.4 Å². The first-order chi connectivity index (χ1) is 19.3. The molecule has 39 heavy (non-hydrogen) atoms. The second kappa shape index (κ2) is 11.1. The summed E-state index contributed by atoms with van der Waals surface area (Å²) in [5.74, 6) is 0. The zero-order chi connectivity index (χ0) is 26.4. The molecule has 0 aliphatic carbocycles. The fourth-order valence-electron chi connectivity index (χ4n) is 4.94. The highest BCUT2D eigenvalue weighted by molar-refractivity contribution is 5.79. The van der Waals surface area contributed by atoms with E-state index in [2.05, 4.69) is 175 Å². The van der Waals surface area contributed by atoms with E-state index in [1.807, 2.05) is 6.07 Å². The fraction of sp³-hybridized carbons (Fsp3) is 0.0270. The van der Waals surface area contributed by atoms with Gasteiger partial charge in [0, 0.05) is 35.5 Å². The van der Waals surface area contributed by atoms with E-state index in [4.69, 9.17) is 0 Å². The molecule has 0 saturated carbocycles. The summed E-state index contributed by atoms with van der Waals surface area (Å²) >= 11 is 0. The van der Waals surface area contributed by atoms with Crippen LogP contribution >= 0.6 is 0 Å². The molecule has 6 rings (SSSR count). The Labute approximate surface area is 231 Å². The minimum Gasteiger partial charge on any atom is -0.345 e. The monoisotopic (exact) mass is 502 g/mol. The Morgan fingerprint density at radius 1 is 0.282 bits per heavy atom. The van der Waals surface area contributed by atoms with Crippen LogP contribution in [0.25, 0.3) is 22.3 Å². The summed E-state index contributed by atoms with van der Waals surface area (Å²) in [6.07, 6.45) is 0. The predicted molar refractivity (Wildman–Crippen MR) is 167 cm³/mol. The molecule has 0 spiro atoms. The number of hydrogen-bond acceptors (Lipinski definition) is 2. The van der Waals surface area contributed by atoms with Crippen molar-refractivity contribution in [3.8, 4) is 22.3 Å². The molecular weight excluding hydrogens is 472 g/mol. The van der Waals surface area contributed by atoms with Gasteiger partial charge in [0.15, 0.2) is 0 Å².